The van der Waals surface area contributed by atoms with E-state index < -0.39 is 22.1 Å². The molecule has 0 N–H and O–H groups in total. The predicted octanol–water partition coefficient (Wildman–Crippen LogP) is 2.36. The van der Waals surface area contributed by atoms with Gasteiger partial charge >= 0.3 is 0 Å². The Morgan fingerprint density at radius 1 is 1.50 bits per heavy atom. The Morgan fingerprint density at radius 2 is 2.19 bits per heavy atom. The molecule has 6 heteroatoms. The molecule has 1 aromatic rings. The van der Waals surface area contributed by atoms with E-state index in [0.717, 1.165) is 12.1 Å². The summed E-state index contributed by atoms with van der Waals surface area (Å²) in [4.78, 5) is 9.27. The number of methoxy groups -OCH3 is 1. The van der Waals surface area contributed by atoms with Crippen LogP contribution in [0.3, 0.4) is 0 Å². The normalized spacial score (nSPS) is 10.9. The van der Waals surface area contributed by atoms with E-state index in [1.54, 1.807) is 0 Å². The zero-order chi connectivity index (χ0) is 12.1. The van der Waals surface area contributed by atoms with Crippen molar-refractivity contribution in [2.45, 2.75) is 6.61 Å². The summed E-state index contributed by atoms with van der Waals surface area (Å²) >= 11 is 0. The van der Waals surface area contributed by atoms with Crippen LogP contribution < -0.4 is 0 Å². The summed E-state index contributed by atoms with van der Waals surface area (Å²) in [5.41, 5.74) is -0.293. The van der Waals surface area contributed by atoms with Crippen molar-refractivity contribution in [3.63, 3.8) is 0 Å². The van der Waals surface area contributed by atoms with Gasteiger partial charge in [-0.3, -0.25) is 10.1 Å². The first-order valence-electron chi connectivity index (χ1n) is 4.33. The molecule has 0 aromatic heterocycles. The average molecular weight is 229 g/mol. The standard InChI is InChI=1S/C10H9F2NO3/c1-16-6-7-2-3-9(11)8(10(7)12)4-5-13(14)15/h2-5H,6H2,1H3/b5-4+. The summed E-state index contributed by atoms with van der Waals surface area (Å²) in [5.74, 6) is -1.70. The Morgan fingerprint density at radius 3 is 2.75 bits per heavy atom. The molecule has 1 aromatic carbocycles. The van der Waals surface area contributed by atoms with E-state index in [0.29, 0.717) is 6.20 Å². The third-order valence-electron chi connectivity index (χ3n) is 1.87. The number of ether oxygens (including phenoxy) is 1. The highest BCUT2D eigenvalue weighted by atomic mass is 19.1. The van der Waals surface area contributed by atoms with Crippen LogP contribution in [0.2, 0.25) is 0 Å². The van der Waals surface area contributed by atoms with Crippen LogP contribution in [0.5, 0.6) is 0 Å². The number of nitrogens with zero attached hydrogens (tertiary/aromatic N) is 1. The first-order chi connectivity index (χ1) is 7.56. The third-order valence-corrected chi connectivity index (χ3v) is 1.87. The van der Waals surface area contributed by atoms with E-state index in [2.05, 4.69) is 0 Å². The molecule has 0 saturated heterocycles. The van der Waals surface area contributed by atoms with Crippen LogP contribution in [0.1, 0.15) is 11.1 Å². The summed E-state index contributed by atoms with van der Waals surface area (Å²) < 4.78 is 31.5. The molecular weight excluding hydrogens is 220 g/mol. The van der Waals surface area contributed by atoms with Crippen LogP contribution in [0, 0.1) is 21.7 Å². The molecule has 16 heavy (non-hydrogen) atoms. The molecule has 1 rings (SSSR count). The molecule has 4 nitrogen and oxygen atoms in total. The minimum Gasteiger partial charge on any atom is -0.380 e. The molecular formula is C10H9F2NO3. The average Bonchev–Trinajstić information content (AvgIpc) is 2.22. The monoisotopic (exact) mass is 229 g/mol. The lowest BCUT2D eigenvalue weighted by atomic mass is 10.1. The highest BCUT2D eigenvalue weighted by molar-refractivity contribution is 5.51. The molecule has 0 aliphatic rings. The Hall–Kier alpha value is -1.82. The van der Waals surface area contributed by atoms with Gasteiger partial charge in [0, 0.05) is 18.7 Å². The van der Waals surface area contributed by atoms with Crippen LogP contribution in [0.4, 0.5) is 8.78 Å². The van der Waals surface area contributed by atoms with Gasteiger partial charge in [-0.1, -0.05) is 6.07 Å². The van der Waals surface area contributed by atoms with Crippen LogP contribution in [0.15, 0.2) is 18.3 Å². The topological polar surface area (TPSA) is 52.4 Å². The number of hydrogen-bond acceptors (Lipinski definition) is 3. The largest absolute Gasteiger partial charge is 0.380 e. The lowest BCUT2D eigenvalue weighted by Crippen LogP contribution is -1.98. The maximum absolute atomic E-state index is 13.6. The molecule has 0 heterocycles. The molecule has 0 saturated carbocycles. The van der Waals surface area contributed by atoms with Gasteiger partial charge in [0.1, 0.15) is 11.6 Å². The Bertz CT molecular complexity index is 432. The molecule has 86 valence electrons. The number of hydrogen-bond donors (Lipinski definition) is 0. The van der Waals surface area contributed by atoms with Crippen LogP contribution in [0.25, 0.3) is 6.08 Å². The van der Waals surface area contributed by atoms with Crippen molar-refractivity contribution < 1.29 is 18.4 Å². The predicted molar refractivity (Wildman–Crippen MR) is 53.1 cm³/mol. The van der Waals surface area contributed by atoms with E-state index >= 15 is 0 Å². The summed E-state index contributed by atoms with van der Waals surface area (Å²) in [6.07, 6.45) is 1.27. The van der Waals surface area contributed by atoms with Gasteiger partial charge in [0.25, 0.3) is 0 Å². The van der Waals surface area contributed by atoms with Crippen molar-refractivity contribution in [2.75, 3.05) is 7.11 Å². The smallest absolute Gasteiger partial charge is 0.235 e. The van der Waals surface area contributed by atoms with Crippen LogP contribution in [-0.2, 0) is 11.3 Å². The minimum atomic E-state index is -0.851. The van der Waals surface area contributed by atoms with Gasteiger partial charge in [-0.05, 0) is 6.07 Å². The highest BCUT2D eigenvalue weighted by Gasteiger charge is 2.11. The molecule has 0 radical (unpaired) electrons. The fourth-order valence-electron chi connectivity index (χ4n) is 1.17. The summed E-state index contributed by atoms with van der Waals surface area (Å²) in [7, 11) is 1.37. The fourth-order valence-corrected chi connectivity index (χ4v) is 1.17. The first-order valence-corrected chi connectivity index (χ1v) is 4.33. The zero-order valence-corrected chi connectivity index (χ0v) is 8.44. The van der Waals surface area contributed by atoms with Gasteiger partial charge in [0.15, 0.2) is 0 Å². The van der Waals surface area contributed by atoms with E-state index in [1.807, 2.05) is 0 Å². The van der Waals surface area contributed by atoms with Gasteiger partial charge in [0.2, 0.25) is 6.20 Å². The fraction of sp³-hybridized carbons (Fsp3) is 0.200. The molecule has 0 aliphatic heterocycles. The minimum absolute atomic E-state index is 0.0224. The van der Waals surface area contributed by atoms with Crippen molar-refractivity contribution in [1.29, 1.82) is 0 Å². The quantitative estimate of drug-likeness (QED) is 0.588. The molecule has 0 fully saturated rings. The summed E-state index contributed by atoms with van der Waals surface area (Å²) in [6, 6.07) is 2.27. The number of benzene rings is 1. The summed E-state index contributed by atoms with van der Waals surface area (Å²) in [5, 5.41) is 10.1. The number of halogens is 2. The van der Waals surface area contributed by atoms with Gasteiger partial charge in [-0.25, -0.2) is 8.78 Å². The second-order valence-electron chi connectivity index (χ2n) is 2.97. The molecule has 0 amide bonds. The lowest BCUT2D eigenvalue weighted by Gasteiger charge is -2.05. The number of nitro groups is 1. The van der Waals surface area contributed by atoms with Gasteiger partial charge in [-0.2, -0.15) is 0 Å². The van der Waals surface area contributed by atoms with Crippen molar-refractivity contribution in [2.24, 2.45) is 0 Å². The SMILES string of the molecule is COCc1ccc(F)c(/C=C/[N+](=O)[O-])c1F. The Labute approximate surface area is 90.3 Å². The molecule has 0 unspecified atom stereocenters. The Balaban J connectivity index is 3.15. The van der Waals surface area contributed by atoms with Crippen molar-refractivity contribution in [1.82, 2.24) is 0 Å². The maximum Gasteiger partial charge on any atom is 0.235 e. The van der Waals surface area contributed by atoms with Crippen molar-refractivity contribution >= 4 is 6.08 Å². The first kappa shape index (κ1) is 12.3. The maximum atomic E-state index is 13.6. The van der Waals surface area contributed by atoms with Gasteiger partial charge in [0.05, 0.1) is 17.1 Å². The third kappa shape index (κ3) is 2.83. The van der Waals surface area contributed by atoms with E-state index in [4.69, 9.17) is 4.74 Å². The summed E-state index contributed by atoms with van der Waals surface area (Å²) in [6.45, 7) is -0.0224. The second kappa shape index (κ2) is 5.32. The zero-order valence-electron chi connectivity index (χ0n) is 8.44. The number of rotatable bonds is 4. The van der Waals surface area contributed by atoms with Crippen LogP contribution >= 0.6 is 0 Å². The second-order valence-corrected chi connectivity index (χ2v) is 2.97. The van der Waals surface area contributed by atoms with Gasteiger partial charge < -0.3 is 4.74 Å². The van der Waals surface area contributed by atoms with E-state index in [9.17, 15) is 18.9 Å². The van der Waals surface area contributed by atoms with Crippen LogP contribution in [-0.4, -0.2) is 12.0 Å². The molecule has 0 spiro atoms. The molecule has 0 bridgehead atoms. The van der Waals surface area contributed by atoms with Crippen molar-refractivity contribution in [3.8, 4) is 0 Å². The molecule has 0 aliphatic carbocycles. The Kier molecular flexibility index (Phi) is 4.07. The highest BCUT2D eigenvalue weighted by Crippen LogP contribution is 2.19. The van der Waals surface area contributed by atoms with Crippen molar-refractivity contribution in [3.05, 3.63) is 51.2 Å². The van der Waals surface area contributed by atoms with E-state index in [-0.39, 0.29) is 12.2 Å². The van der Waals surface area contributed by atoms with Gasteiger partial charge in [-0.15, -0.1) is 0 Å². The lowest BCUT2D eigenvalue weighted by molar-refractivity contribution is -0.401. The molecule has 0 atom stereocenters. The van der Waals surface area contributed by atoms with E-state index in [1.165, 1.54) is 13.2 Å².